The van der Waals surface area contributed by atoms with Crippen LogP contribution < -0.4 is 10.6 Å². The summed E-state index contributed by atoms with van der Waals surface area (Å²) in [5, 5.41) is 15.1. The molecule has 0 aliphatic heterocycles. The smallest absolute Gasteiger partial charge is 0.315 e. The first-order valence-electron chi connectivity index (χ1n) is 7.97. The van der Waals surface area contributed by atoms with E-state index in [1.165, 1.54) is 0 Å². The van der Waals surface area contributed by atoms with Crippen LogP contribution in [0.5, 0.6) is 0 Å². The second kappa shape index (κ2) is 9.70. The Morgan fingerprint density at radius 2 is 1.71 bits per heavy atom. The molecule has 1 unspecified atom stereocenters. The molecule has 0 bridgehead atoms. The molecular weight excluding hydrogens is 304 g/mol. The van der Waals surface area contributed by atoms with Crippen molar-refractivity contribution in [1.82, 2.24) is 10.6 Å². The molecule has 2 aromatic rings. The molecule has 0 heterocycles. The minimum atomic E-state index is -0.309. The number of amides is 2. The number of aliphatic hydroxyl groups is 1. The standard InChI is InChI=1S/C19H24N2O3/c1-24-14-17-9-7-16(8-10-17)12-20-19(23)21-18(13-22)11-15-5-3-2-4-6-15/h2-10,18,22H,11-14H2,1H3,(H2,20,21,23). The summed E-state index contributed by atoms with van der Waals surface area (Å²) in [4.78, 5) is 12.0. The van der Waals surface area contributed by atoms with Gasteiger partial charge in [0.25, 0.3) is 0 Å². The predicted octanol–water partition coefficient (Wildman–Crippen LogP) is 2.24. The Labute approximate surface area is 142 Å². The number of carbonyl (C=O) groups excluding carboxylic acids is 1. The first kappa shape index (κ1) is 18.0. The van der Waals surface area contributed by atoms with Gasteiger partial charge in [0.15, 0.2) is 0 Å². The van der Waals surface area contributed by atoms with E-state index >= 15 is 0 Å². The number of carbonyl (C=O) groups is 1. The third-order valence-electron chi connectivity index (χ3n) is 3.67. The number of hydrogen-bond donors (Lipinski definition) is 3. The fourth-order valence-corrected chi connectivity index (χ4v) is 2.40. The third-order valence-corrected chi connectivity index (χ3v) is 3.67. The zero-order chi connectivity index (χ0) is 17.2. The summed E-state index contributed by atoms with van der Waals surface area (Å²) in [6, 6.07) is 17.1. The van der Waals surface area contributed by atoms with Gasteiger partial charge >= 0.3 is 6.03 Å². The van der Waals surface area contributed by atoms with Gasteiger partial charge in [-0.05, 0) is 23.1 Å². The molecule has 2 rings (SSSR count). The van der Waals surface area contributed by atoms with Crippen molar-refractivity contribution < 1.29 is 14.6 Å². The first-order valence-corrected chi connectivity index (χ1v) is 7.97. The molecule has 5 heteroatoms. The van der Waals surface area contributed by atoms with Gasteiger partial charge in [-0.3, -0.25) is 0 Å². The van der Waals surface area contributed by atoms with Gasteiger partial charge in [-0.15, -0.1) is 0 Å². The van der Waals surface area contributed by atoms with Crippen LogP contribution >= 0.6 is 0 Å². The zero-order valence-electron chi connectivity index (χ0n) is 13.9. The normalized spacial score (nSPS) is 11.8. The number of rotatable bonds is 8. The van der Waals surface area contributed by atoms with Gasteiger partial charge in [0, 0.05) is 13.7 Å². The van der Waals surface area contributed by atoms with Crippen molar-refractivity contribution in [3.8, 4) is 0 Å². The van der Waals surface area contributed by atoms with Crippen LogP contribution in [-0.2, 0) is 24.3 Å². The number of methoxy groups -OCH3 is 1. The molecule has 2 amide bonds. The lowest BCUT2D eigenvalue weighted by atomic mass is 10.1. The molecule has 0 fully saturated rings. The Bertz CT molecular complexity index is 614. The van der Waals surface area contributed by atoms with Crippen molar-refractivity contribution in [3.63, 3.8) is 0 Å². The quantitative estimate of drug-likeness (QED) is 0.696. The molecule has 2 aromatic carbocycles. The van der Waals surface area contributed by atoms with Crippen LogP contribution in [0.1, 0.15) is 16.7 Å². The maximum absolute atomic E-state index is 12.0. The summed E-state index contributed by atoms with van der Waals surface area (Å²) in [6.45, 7) is 0.905. The maximum Gasteiger partial charge on any atom is 0.315 e. The molecule has 0 aromatic heterocycles. The summed E-state index contributed by atoms with van der Waals surface area (Å²) in [7, 11) is 1.66. The van der Waals surface area contributed by atoms with Crippen LogP contribution in [0.4, 0.5) is 4.79 Å². The summed E-state index contributed by atoms with van der Waals surface area (Å²) in [6.07, 6.45) is 0.594. The van der Waals surface area contributed by atoms with E-state index in [0.29, 0.717) is 19.6 Å². The number of nitrogens with one attached hydrogen (secondary N) is 2. The number of hydrogen-bond acceptors (Lipinski definition) is 3. The maximum atomic E-state index is 12.0. The Hall–Kier alpha value is -2.37. The Morgan fingerprint density at radius 1 is 1.04 bits per heavy atom. The molecule has 0 saturated carbocycles. The van der Waals surface area contributed by atoms with E-state index in [2.05, 4.69) is 10.6 Å². The SMILES string of the molecule is COCc1ccc(CNC(=O)NC(CO)Cc2ccccc2)cc1. The van der Waals surface area contributed by atoms with Crippen LogP contribution in [0.3, 0.4) is 0 Å². The second-order valence-corrected chi connectivity index (χ2v) is 5.65. The van der Waals surface area contributed by atoms with Gasteiger partial charge in [-0.2, -0.15) is 0 Å². The fourth-order valence-electron chi connectivity index (χ4n) is 2.40. The molecule has 0 saturated heterocycles. The van der Waals surface area contributed by atoms with Crippen LogP contribution in [0.2, 0.25) is 0 Å². The van der Waals surface area contributed by atoms with Gasteiger partial charge in [0.1, 0.15) is 0 Å². The van der Waals surface area contributed by atoms with E-state index in [9.17, 15) is 9.90 Å². The highest BCUT2D eigenvalue weighted by molar-refractivity contribution is 5.74. The van der Waals surface area contributed by atoms with Gasteiger partial charge in [-0.25, -0.2) is 4.79 Å². The van der Waals surface area contributed by atoms with Crippen molar-refractivity contribution in [3.05, 3.63) is 71.3 Å². The predicted molar refractivity (Wildman–Crippen MR) is 93.5 cm³/mol. The monoisotopic (exact) mass is 328 g/mol. The van der Waals surface area contributed by atoms with Crippen LogP contribution in [0.25, 0.3) is 0 Å². The fraction of sp³-hybridized carbons (Fsp3) is 0.316. The second-order valence-electron chi connectivity index (χ2n) is 5.65. The minimum absolute atomic E-state index is 0.103. The zero-order valence-corrected chi connectivity index (χ0v) is 13.9. The topological polar surface area (TPSA) is 70.6 Å². The summed E-state index contributed by atoms with van der Waals surface area (Å²) >= 11 is 0. The lowest BCUT2D eigenvalue weighted by Gasteiger charge is -2.17. The van der Waals surface area contributed by atoms with Crippen molar-refractivity contribution in [2.24, 2.45) is 0 Å². The molecule has 0 aliphatic carbocycles. The first-order chi connectivity index (χ1) is 11.7. The van der Waals surface area contributed by atoms with Crippen LogP contribution in [0.15, 0.2) is 54.6 Å². The van der Waals surface area contributed by atoms with E-state index in [4.69, 9.17) is 4.74 Å². The van der Waals surface area contributed by atoms with Gasteiger partial charge < -0.3 is 20.5 Å². The minimum Gasteiger partial charge on any atom is -0.394 e. The molecule has 0 aliphatic rings. The number of urea groups is 1. The Balaban J connectivity index is 1.78. The van der Waals surface area contributed by atoms with Crippen LogP contribution in [-0.4, -0.2) is 30.9 Å². The third kappa shape index (κ3) is 6.02. The average Bonchev–Trinajstić information content (AvgIpc) is 2.62. The van der Waals surface area contributed by atoms with Crippen LogP contribution in [0, 0.1) is 0 Å². The van der Waals surface area contributed by atoms with Crippen molar-refractivity contribution >= 4 is 6.03 Å². The van der Waals surface area contributed by atoms with Gasteiger partial charge in [0.2, 0.25) is 0 Å². The highest BCUT2D eigenvalue weighted by Gasteiger charge is 2.11. The van der Waals surface area contributed by atoms with Gasteiger partial charge in [-0.1, -0.05) is 54.6 Å². The largest absolute Gasteiger partial charge is 0.394 e. The summed E-state index contributed by atoms with van der Waals surface area (Å²) in [5.41, 5.74) is 3.17. The van der Waals surface area contributed by atoms with Gasteiger partial charge in [0.05, 0.1) is 19.3 Å². The van der Waals surface area contributed by atoms with Crippen molar-refractivity contribution in [2.45, 2.75) is 25.6 Å². The van der Waals surface area contributed by atoms with E-state index in [0.717, 1.165) is 16.7 Å². The number of aliphatic hydroxyl groups excluding tert-OH is 1. The van der Waals surface area contributed by atoms with Crippen molar-refractivity contribution in [1.29, 1.82) is 0 Å². The van der Waals surface area contributed by atoms with E-state index < -0.39 is 0 Å². The highest BCUT2D eigenvalue weighted by atomic mass is 16.5. The molecule has 3 N–H and O–H groups in total. The van der Waals surface area contributed by atoms with E-state index in [-0.39, 0.29) is 18.7 Å². The lowest BCUT2D eigenvalue weighted by Crippen LogP contribution is -2.44. The highest BCUT2D eigenvalue weighted by Crippen LogP contribution is 2.06. The molecule has 1 atom stereocenters. The molecule has 24 heavy (non-hydrogen) atoms. The molecular formula is C19H24N2O3. The van der Waals surface area contributed by atoms with Crippen molar-refractivity contribution in [2.75, 3.05) is 13.7 Å². The number of ether oxygens (including phenoxy) is 1. The lowest BCUT2D eigenvalue weighted by molar-refractivity contribution is 0.185. The molecule has 5 nitrogen and oxygen atoms in total. The Morgan fingerprint density at radius 3 is 2.33 bits per heavy atom. The summed E-state index contributed by atoms with van der Waals surface area (Å²) in [5.74, 6) is 0. The molecule has 0 radical (unpaired) electrons. The summed E-state index contributed by atoms with van der Waals surface area (Å²) < 4.78 is 5.07. The van der Waals surface area contributed by atoms with E-state index in [1.54, 1.807) is 7.11 Å². The van der Waals surface area contributed by atoms with E-state index in [1.807, 2.05) is 54.6 Å². The number of benzene rings is 2. The Kier molecular flexibility index (Phi) is 7.26. The molecule has 0 spiro atoms. The molecule has 128 valence electrons. The average molecular weight is 328 g/mol.